The van der Waals surface area contributed by atoms with Gasteiger partial charge in [0.15, 0.2) is 12.2 Å². The second-order valence-corrected chi connectivity index (χ2v) is 28.0. The molecule has 0 saturated heterocycles. The predicted molar refractivity (Wildman–Crippen MR) is 349 cm³/mol. The standard InChI is InChI=1S/C68H128O17P2/c1-8-10-11-12-13-14-15-16-17-18-19-20-27-35-42-49-65(70)78-56-64(85-68(73)52-45-38-31-30-34-41-48-61(7)9-2)58-83-87(76,77)81-54-62(69)53-80-86(74,75)82-57-63(84-67(72)51-44-37-29-24-22-26-33-40-47-60(5)6)55-79-66(71)50-43-36-28-23-21-25-32-39-46-59(3)4/h14-17,59-64,69H,8-13,18-58H2,1-7H3,(H,74,75)(H,76,77)/b15-14-,17-16-/t61?,62?,63-,64-/m1/s1. The lowest BCUT2D eigenvalue weighted by Crippen LogP contribution is -2.30. The third-order valence-electron chi connectivity index (χ3n) is 15.4. The normalized spacial score (nSPS) is 14.8. The second-order valence-electron chi connectivity index (χ2n) is 25.1. The third kappa shape index (κ3) is 60.9. The molecule has 4 unspecified atom stereocenters. The van der Waals surface area contributed by atoms with Crippen molar-refractivity contribution in [2.24, 2.45) is 17.8 Å². The molecule has 0 aromatic carbocycles. The van der Waals surface area contributed by atoms with E-state index in [1.807, 2.05) is 0 Å². The van der Waals surface area contributed by atoms with E-state index in [-0.39, 0.29) is 25.7 Å². The van der Waals surface area contributed by atoms with Gasteiger partial charge in [-0.2, -0.15) is 0 Å². The van der Waals surface area contributed by atoms with Crippen LogP contribution in [-0.2, 0) is 65.4 Å². The number of hydrogen-bond acceptors (Lipinski definition) is 15. The van der Waals surface area contributed by atoms with Crippen LogP contribution in [0.5, 0.6) is 0 Å². The van der Waals surface area contributed by atoms with Gasteiger partial charge in [0.05, 0.1) is 26.4 Å². The lowest BCUT2D eigenvalue weighted by atomic mass is 10.00. The molecule has 3 N–H and O–H groups in total. The zero-order valence-electron chi connectivity index (χ0n) is 56.0. The highest BCUT2D eigenvalue weighted by molar-refractivity contribution is 7.47. The number of unbranched alkanes of at least 4 members (excludes halogenated alkanes) is 28. The lowest BCUT2D eigenvalue weighted by molar-refractivity contribution is -0.161. The Bertz CT molecular complexity index is 1810. The Kier molecular flexibility index (Phi) is 57.0. The maximum absolute atomic E-state index is 13.0. The summed E-state index contributed by atoms with van der Waals surface area (Å²) in [5, 5.41) is 10.6. The first kappa shape index (κ1) is 84.5. The number of allylic oxidation sites excluding steroid dienone is 4. The quantitative estimate of drug-likeness (QED) is 0.0169. The summed E-state index contributed by atoms with van der Waals surface area (Å²) >= 11 is 0. The molecule has 0 aliphatic carbocycles. The Morgan fingerprint density at radius 2 is 0.678 bits per heavy atom. The van der Waals surface area contributed by atoms with Gasteiger partial charge in [0.25, 0.3) is 0 Å². The minimum atomic E-state index is -4.96. The Morgan fingerprint density at radius 1 is 0.379 bits per heavy atom. The summed E-state index contributed by atoms with van der Waals surface area (Å²) in [5.41, 5.74) is 0. The highest BCUT2D eigenvalue weighted by Gasteiger charge is 2.30. The van der Waals surface area contributed by atoms with Crippen LogP contribution in [0.1, 0.15) is 312 Å². The Balaban J connectivity index is 5.27. The van der Waals surface area contributed by atoms with Crippen molar-refractivity contribution in [2.45, 2.75) is 330 Å². The molecular weight excluding hydrogens is 1150 g/mol. The van der Waals surface area contributed by atoms with Crippen molar-refractivity contribution in [1.29, 1.82) is 0 Å². The summed E-state index contributed by atoms with van der Waals surface area (Å²) in [6.45, 7) is 11.6. The van der Waals surface area contributed by atoms with Crippen LogP contribution in [0.25, 0.3) is 0 Å². The maximum Gasteiger partial charge on any atom is 0.472 e. The Hall–Kier alpha value is -2.46. The molecule has 0 saturated carbocycles. The van der Waals surface area contributed by atoms with Crippen LogP contribution < -0.4 is 0 Å². The maximum atomic E-state index is 13.0. The van der Waals surface area contributed by atoms with E-state index in [1.165, 1.54) is 103 Å². The number of ether oxygens (including phenoxy) is 4. The molecule has 0 aromatic rings. The van der Waals surface area contributed by atoms with Crippen LogP contribution in [0.2, 0.25) is 0 Å². The summed E-state index contributed by atoms with van der Waals surface area (Å²) < 4.78 is 68.1. The molecular formula is C68H128O17P2. The minimum Gasteiger partial charge on any atom is -0.462 e. The molecule has 0 amide bonds. The van der Waals surface area contributed by atoms with Gasteiger partial charge in [0, 0.05) is 25.7 Å². The number of carbonyl (C=O) groups is 4. The van der Waals surface area contributed by atoms with Crippen LogP contribution >= 0.6 is 15.6 Å². The lowest BCUT2D eigenvalue weighted by Gasteiger charge is -2.21. The van der Waals surface area contributed by atoms with Crippen molar-refractivity contribution >= 4 is 39.5 Å². The molecule has 0 heterocycles. The van der Waals surface area contributed by atoms with Crippen molar-refractivity contribution in [3.63, 3.8) is 0 Å². The van der Waals surface area contributed by atoms with Crippen molar-refractivity contribution in [3.8, 4) is 0 Å². The van der Waals surface area contributed by atoms with E-state index in [1.54, 1.807) is 0 Å². The number of esters is 4. The number of phosphoric acid groups is 2. The van der Waals surface area contributed by atoms with Crippen molar-refractivity contribution < 1.29 is 80.2 Å². The van der Waals surface area contributed by atoms with E-state index in [0.717, 1.165) is 115 Å². The summed E-state index contributed by atoms with van der Waals surface area (Å²) in [6.07, 6.45) is 44.0. The van der Waals surface area contributed by atoms with Gasteiger partial charge in [0.1, 0.15) is 19.3 Å². The van der Waals surface area contributed by atoms with Gasteiger partial charge < -0.3 is 33.8 Å². The van der Waals surface area contributed by atoms with Gasteiger partial charge in [-0.15, -0.1) is 0 Å². The van der Waals surface area contributed by atoms with E-state index in [4.69, 9.17) is 37.0 Å². The summed E-state index contributed by atoms with van der Waals surface area (Å²) in [4.78, 5) is 72.4. The third-order valence-corrected chi connectivity index (χ3v) is 17.3. The number of aliphatic hydroxyl groups is 1. The molecule has 6 atom stereocenters. The van der Waals surface area contributed by atoms with E-state index >= 15 is 0 Å². The first-order valence-electron chi connectivity index (χ1n) is 34.7. The fraction of sp³-hybridized carbons (Fsp3) is 0.882. The summed E-state index contributed by atoms with van der Waals surface area (Å²) in [6, 6.07) is 0. The SMILES string of the molecule is CCCCCC/C=C\C=C/CCCCCCCC(=O)OC[C@H](COP(=O)(O)OCC(O)COP(=O)(O)OC[C@@H](COC(=O)CCCCCCCCCCC(C)C)OC(=O)CCCCCCCCCCC(C)C)OC(=O)CCCCCCCCC(C)CC. The van der Waals surface area contributed by atoms with Gasteiger partial charge in [-0.25, -0.2) is 9.13 Å². The molecule has 0 aliphatic rings. The van der Waals surface area contributed by atoms with E-state index in [0.29, 0.717) is 37.5 Å². The van der Waals surface area contributed by atoms with Crippen LogP contribution in [0.3, 0.4) is 0 Å². The fourth-order valence-corrected chi connectivity index (χ4v) is 11.2. The highest BCUT2D eigenvalue weighted by atomic mass is 31.2. The second kappa shape index (κ2) is 58.6. The van der Waals surface area contributed by atoms with Gasteiger partial charge >= 0.3 is 39.5 Å². The largest absolute Gasteiger partial charge is 0.472 e. The molecule has 17 nitrogen and oxygen atoms in total. The molecule has 0 fully saturated rings. The van der Waals surface area contributed by atoms with Gasteiger partial charge in [0.2, 0.25) is 0 Å². The average molecular weight is 1280 g/mol. The summed E-state index contributed by atoms with van der Waals surface area (Å²) in [5.74, 6) is -0.00720. The van der Waals surface area contributed by atoms with Crippen LogP contribution in [0.4, 0.5) is 0 Å². The van der Waals surface area contributed by atoms with Crippen LogP contribution in [-0.4, -0.2) is 96.7 Å². The number of carbonyl (C=O) groups excluding carboxylic acids is 4. The number of phosphoric ester groups is 2. The molecule has 0 bridgehead atoms. The Labute approximate surface area is 529 Å². The zero-order chi connectivity index (χ0) is 64.5. The smallest absolute Gasteiger partial charge is 0.462 e. The van der Waals surface area contributed by atoms with Gasteiger partial charge in [-0.3, -0.25) is 37.3 Å². The first-order chi connectivity index (χ1) is 41.8. The molecule has 0 aliphatic heterocycles. The molecule has 87 heavy (non-hydrogen) atoms. The van der Waals surface area contributed by atoms with E-state index in [2.05, 4.69) is 72.8 Å². The first-order valence-corrected chi connectivity index (χ1v) is 37.7. The van der Waals surface area contributed by atoms with Gasteiger partial charge in [-0.1, -0.05) is 259 Å². The molecule has 0 radical (unpaired) electrons. The monoisotopic (exact) mass is 1280 g/mol. The molecule has 19 heteroatoms. The van der Waals surface area contributed by atoms with Crippen molar-refractivity contribution in [2.75, 3.05) is 39.6 Å². The summed E-state index contributed by atoms with van der Waals surface area (Å²) in [7, 11) is -9.91. The topological polar surface area (TPSA) is 237 Å². The van der Waals surface area contributed by atoms with E-state index < -0.39 is 97.5 Å². The number of aliphatic hydroxyl groups excluding tert-OH is 1. The minimum absolute atomic E-state index is 0.0955. The molecule has 512 valence electrons. The average Bonchev–Trinajstić information content (AvgIpc) is 3.68. The molecule has 0 aromatic heterocycles. The van der Waals surface area contributed by atoms with Crippen LogP contribution in [0.15, 0.2) is 24.3 Å². The number of hydrogen-bond donors (Lipinski definition) is 3. The van der Waals surface area contributed by atoms with Crippen LogP contribution in [0, 0.1) is 17.8 Å². The van der Waals surface area contributed by atoms with E-state index in [9.17, 15) is 43.2 Å². The Morgan fingerprint density at radius 3 is 1.02 bits per heavy atom. The van der Waals surface area contributed by atoms with Gasteiger partial charge in [-0.05, 0) is 69.1 Å². The fourth-order valence-electron chi connectivity index (χ4n) is 9.61. The number of rotatable bonds is 64. The predicted octanol–water partition coefficient (Wildman–Crippen LogP) is 18.6. The zero-order valence-corrected chi connectivity index (χ0v) is 57.7. The van der Waals surface area contributed by atoms with Crippen molar-refractivity contribution in [1.82, 2.24) is 0 Å². The molecule has 0 rings (SSSR count). The highest BCUT2D eigenvalue weighted by Crippen LogP contribution is 2.45. The van der Waals surface area contributed by atoms with Crippen molar-refractivity contribution in [3.05, 3.63) is 24.3 Å². The molecule has 0 spiro atoms.